The lowest BCUT2D eigenvalue weighted by Gasteiger charge is -2.37. The fraction of sp³-hybridized carbons (Fsp3) is 0.300. The van der Waals surface area contributed by atoms with Gasteiger partial charge in [-0.3, -0.25) is 5.10 Å². The van der Waals surface area contributed by atoms with Crippen molar-refractivity contribution in [3.8, 4) is 11.8 Å². The fourth-order valence-electron chi connectivity index (χ4n) is 5.40. The molecule has 3 aromatic heterocycles. The maximum atomic E-state index is 15.4. The SMILES string of the molecule is Cc1cc2c(F)c(Oc3nc(Nc4cc(C5CC5)[nH]n4)cc(N4CCN(c5cccc(C(F)(F)F)c5)CC4)n3)cc(F)c2[nH]1. The van der Waals surface area contributed by atoms with Crippen molar-refractivity contribution in [2.24, 2.45) is 0 Å². The summed E-state index contributed by atoms with van der Waals surface area (Å²) in [5.41, 5.74) is 1.41. The van der Waals surface area contributed by atoms with Gasteiger partial charge in [-0.25, -0.2) is 8.78 Å². The predicted octanol–water partition coefficient (Wildman–Crippen LogP) is 7.03. The number of hydrogen-bond donors (Lipinski definition) is 3. The van der Waals surface area contributed by atoms with Gasteiger partial charge in [-0.05, 0) is 44.0 Å². The molecule has 1 aliphatic carbocycles. The molecule has 2 fully saturated rings. The third-order valence-electron chi connectivity index (χ3n) is 7.81. The van der Waals surface area contributed by atoms with E-state index in [1.54, 1.807) is 19.1 Å². The quantitative estimate of drug-likeness (QED) is 0.170. The average Bonchev–Trinajstić information content (AvgIpc) is 3.62. The average molecular weight is 611 g/mol. The number of halogens is 5. The Morgan fingerprint density at radius 1 is 0.932 bits per heavy atom. The van der Waals surface area contributed by atoms with Gasteiger partial charge in [0, 0.05) is 72.8 Å². The molecule has 3 N–H and O–H groups in total. The summed E-state index contributed by atoms with van der Waals surface area (Å²) < 4.78 is 75.7. The summed E-state index contributed by atoms with van der Waals surface area (Å²) in [5.74, 6) is -0.0761. The molecule has 0 unspecified atom stereocenters. The molecule has 0 spiro atoms. The van der Waals surface area contributed by atoms with Gasteiger partial charge in [-0.15, -0.1) is 0 Å². The molecule has 7 rings (SSSR count). The molecule has 0 bridgehead atoms. The van der Waals surface area contributed by atoms with Crippen LogP contribution >= 0.6 is 0 Å². The number of benzene rings is 2. The molecule has 1 saturated carbocycles. The first-order chi connectivity index (χ1) is 21.1. The Bertz CT molecular complexity index is 1840. The van der Waals surface area contributed by atoms with Crippen LogP contribution in [0.3, 0.4) is 0 Å². The molecular weight excluding hydrogens is 583 g/mol. The van der Waals surface area contributed by atoms with E-state index in [-0.39, 0.29) is 22.7 Å². The van der Waals surface area contributed by atoms with Crippen LogP contribution in [-0.4, -0.2) is 51.3 Å². The minimum Gasteiger partial charge on any atom is -0.421 e. The zero-order valence-corrected chi connectivity index (χ0v) is 23.5. The molecule has 0 radical (unpaired) electrons. The molecule has 14 heteroatoms. The van der Waals surface area contributed by atoms with Crippen molar-refractivity contribution in [3.63, 3.8) is 0 Å². The molecule has 44 heavy (non-hydrogen) atoms. The third kappa shape index (κ3) is 5.58. The van der Waals surface area contributed by atoms with Gasteiger partial charge in [0.15, 0.2) is 23.2 Å². The minimum atomic E-state index is -4.43. The molecular formula is C30H27F5N8O. The Balaban J connectivity index is 1.16. The number of piperazine rings is 1. The molecule has 9 nitrogen and oxygen atoms in total. The predicted molar refractivity (Wildman–Crippen MR) is 155 cm³/mol. The van der Waals surface area contributed by atoms with Crippen molar-refractivity contribution < 1.29 is 26.7 Å². The lowest BCUT2D eigenvalue weighted by molar-refractivity contribution is -0.137. The van der Waals surface area contributed by atoms with Crippen LogP contribution in [-0.2, 0) is 6.18 Å². The first-order valence-electron chi connectivity index (χ1n) is 14.1. The zero-order chi connectivity index (χ0) is 30.6. The minimum absolute atomic E-state index is 0.0352. The summed E-state index contributed by atoms with van der Waals surface area (Å²) in [5, 5.41) is 10.5. The highest BCUT2D eigenvalue weighted by Gasteiger charge is 2.31. The Hall–Kier alpha value is -4.88. The maximum Gasteiger partial charge on any atom is 0.416 e. The van der Waals surface area contributed by atoms with E-state index in [9.17, 15) is 17.6 Å². The first-order valence-corrected chi connectivity index (χ1v) is 14.1. The van der Waals surface area contributed by atoms with Gasteiger partial charge in [0.2, 0.25) is 0 Å². The van der Waals surface area contributed by atoms with Gasteiger partial charge >= 0.3 is 12.2 Å². The van der Waals surface area contributed by atoms with Crippen LogP contribution in [0.4, 0.5) is 45.1 Å². The fourth-order valence-corrected chi connectivity index (χ4v) is 5.40. The van der Waals surface area contributed by atoms with E-state index in [0.717, 1.165) is 36.7 Å². The second-order valence-electron chi connectivity index (χ2n) is 11.0. The normalized spacial score (nSPS) is 15.7. The number of anilines is 4. The number of rotatable bonds is 7. The zero-order valence-electron chi connectivity index (χ0n) is 23.5. The monoisotopic (exact) mass is 610 g/mol. The Morgan fingerprint density at radius 3 is 2.45 bits per heavy atom. The Labute approximate surface area is 248 Å². The van der Waals surface area contributed by atoms with Gasteiger partial charge in [-0.1, -0.05) is 6.07 Å². The van der Waals surface area contributed by atoms with Crippen molar-refractivity contribution in [3.05, 3.63) is 77.1 Å². The summed E-state index contributed by atoms with van der Waals surface area (Å²) in [6, 6.07) is 11.0. The molecule has 0 atom stereocenters. The highest BCUT2D eigenvalue weighted by atomic mass is 19.4. The van der Waals surface area contributed by atoms with Crippen LogP contribution in [0.1, 0.15) is 35.7 Å². The largest absolute Gasteiger partial charge is 0.421 e. The van der Waals surface area contributed by atoms with Crippen LogP contribution in [0, 0.1) is 18.6 Å². The van der Waals surface area contributed by atoms with Gasteiger partial charge in [0.1, 0.15) is 11.6 Å². The Kier molecular flexibility index (Phi) is 6.78. The smallest absolute Gasteiger partial charge is 0.416 e. The summed E-state index contributed by atoms with van der Waals surface area (Å²) in [6.45, 7) is 3.41. The van der Waals surface area contributed by atoms with E-state index in [4.69, 9.17) is 4.74 Å². The van der Waals surface area contributed by atoms with Gasteiger partial charge in [-0.2, -0.15) is 28.2 Å². The Morgan fingerprint density at radius 2 is 1.70 bits per heavy atom. The van der Waals surface area contributed by atoms with E-state index >= 15 is 4.39 Å². The number of alkyl halides is 3. The van der Waals surface area contributed by atoms with E-state index in [1.165, 1.54) is 12.1 Å². The molecule has 1 aliphatic heterocycles. The van der Waals surface area contributed by atoms with Crippen LogP contribution < -0.4 is 19.9 Å². The van der Waals surface area contributed by atoms with Crippen LogP contribution in [0.15, 0.2) is 48.5 Å². The number of nitrogens with zero attached hydrogens (tertiary/aromatic N) is 5. The van der Waals surface area contributed by atoms with Gasteiger partial charge in [0.05, 0.1) is 11.1 Å². The highest BCUT2D eigenvalue weighted by Crippen LogP contribution is 2.40. The van der Waals surface area contributed by atoms with Crippen LogP contribution in [0.25, 0.3) is 10.9 Å². The lowest BCUT2D eigenvalue weighted by Crippen LogP contribution is -2.47. The van der Waals surface area contributed by atoms with E-state index in [2.05, 4.69) is 30.5 Å². The molecule has 2 aromatic carbocycles. The lowest BCUT2D eigenvalue weighted by atomic mass is 10.1. The molecule has 5 aromatic rings. The topological polar surface area (TPSA) is 98.0 Å². The molecule has 4 heterocycles. The number of ether oxygens (including phenoxy) is 1. The number of nitrogens with one attached hydrogen (secondary N) is 3. The molecule has 2 aliphatic rings. The van der Waals surface area contributed by atoms with Crippen molar-refractivity contribution >= 4 is 34.0 Å². The van der Waals surface area contributed by atoms with Crippen molar-refractivity contribution in [2.45, 2.75) is 31.9 Å². The first kappa shape index (κ1) is 27.9. The summed E-state index contributed by atoms with van der Waals surface area (Å²) in [4.78, 5) is 15.5. The number of fused-ring (bicyclic) bond motifs is 1. The number of hydrogen-bond acceptors (Lipinski definition) is 7. The summed E-state index contributed by atoms with van der Waals surface area (Å²) in [7, 11) is 0. The van der Waals surface area contributed by atoms with Crippen LogP contribution in [0.5, 0.6) is 11.8 Å². The molecule has 0 amide bonds. The standard InChI is InChI=1S/C30H27F5N8O/c1-16-11-20-27(32)23(13-21(31)28(20)36-16)44-29-38-24(37-25-14-22(40-41-25)17-5-6-17)15-26(39-29)43-9-7-42(8-10-43)19-4-2-3-18(12-19)30(33,34)35/h2-4,11-15,17,36H,5-10H2,1H3,(H2,37,38,39,40,41). The second-order valence-corrected chi connectivity index (χ2v) is 11.0. The number of aromatic amines is 2. The highest BCUT2D eigenvalue weighted by molar-refractivity contribution is 5.83. The molecule has 1 saturated heterocycles. The second kappa shape index (κ2) is 10.7. The number of H-pyrrole nitrogens is 2. The molecule has 228 valence electrons. The van der Waals surface area contributed by atoms with E-state index < -0.39 is 23.4 Å². The van der Waals surface area contributed by atoms with Crippen molar-refractivity contribution in [1.82, 2.24) is 25.1 Å². The number of aromatic nitrogens is 5. The summed E-state index contributed by atoms with van der Waals surface area (Å²) in [6.07, 6.45) is -2.24. The van der Waals surface area contributed by atoms with E-state index in [1.807, 2.05) is 15.9 Å². The summed E-state index contributed by atoms with van der Waals surface area (Å²) >= 11 is 0. The number of aryl methyl sites for hydroxylation is 1. The van der Waals surface area contributed by atoms with Gasteiger partial charge < -0.3 is 24.8 Å². The van der Waals surface area contributed by atoms with Crippen LogP contribution in [0.2, 0.25) is 0 Å². The maximum absolute atomic E-state index is 15.4. The van der Waals surface area contributed by atoms with E-state index in [0.29, 0.717) is 60.9 Å². The third-order valence-corrected chi connectivity index (χ3v) is 7.81. The van der Waals surface area contributed by atoms with Gasteiger partial charge in [0.25, 0.3) is 0 Å². The van der Waals surface area contributed by atoms with Crippen molar-refractivity contribution in [1.29, 1.82) is 0 Å². The van der Waals surface area contributed by atoms with Crippen molar-refractivity contribution in [2.75, 3.05) is 41.3 Å².